The van der Waals surface area contributed by atoms with E-state index in [2.05, 4.69) is 5.32 Å². The highest BCUT2D eigenvalue weighted by atomic mass is 32.2. The maximum absolute atomic E-state index is 12.1. The third-order valence-corrected chi connectivity index (χ3v) is 5.09. The molecular weight excluding hydrogens is 328 g/mol. The monoisotopic (exact) mass is 350 g/mol. The summed E-state index contributed by atoms with van der Waals surface area (Å²) in [7, 11) is -3.43. The standard InChI is InChI=1S/C17H22N2O4S/c1-14(15-7-4-3-5-8-15)19(24(2,21)22)11-10-17(20)18-13-16-9-6-12-23-16/h3-9,12,14H,10-11,13H2,1-2H3,(H,18,20). The van der Waals surface area contributed by atoms with Crippen LogP contribution < -0.4 is 5.32 Å². The molecule has 1 atom stereocenters. The lowest BCUT2D eigenvalue weighted by Gasteiger charge is -2.27. The molecule has 1 unspecified atom stereocenters. The largest absolute Gasteiger partial charge is 0.467 e. The molecule has 6 nitrogen and oxygen atoms in total. The first-order valence-corrected chi connectivity index (χ1v) is 9.53. The van der Waals surface area contributed by atoms with E-state index in [4.69, 9.17) is 4.42 Å². The Morgan fingerprint density at radius 1 is 1.21 bits per heavy atom. The molecule has 0 saturated heterocycles. The van der Waals surface area contributed by atoms with E-state index < -0.39 is 10.0 Å². The number of carbonyl (C=O) groups excluding carboxylic acids is 1. The minimum absolute atomic E-state index is 0.0882. The molecule has 0 radical (unpaired) electrons. The topological polar surface area (TPSA) is 79.6 Å². The van der Waals surface area contributed by atoms with Crippen LogP contribution in [0, 0.1) is 0 Å². The zero-order valence-electron chi connectivity index (χ0n) is 13.8. The van der Waals surface area contributed by atoms with Crippen LogP contribution in [0.25, 0.3) is 0 Å². The third kappa shape index (κ3) is 5.21. The van der Waals surface area contributed by atoms with Crippen LogP contribution in [0.2, 0.25) is 0 Å². The second kappa shape index (κ2) is 8.12. The third-order valence-electron chi connectivity index (χ3n) is 3.74. The van der Waals surface area contributed by atoms with Gasteiger partial charge in [-0.2, -0.15) is 4.31 Å². The lowest BCUT2D eigenvalue weighted by atomic mass is 10.1. The Morgan fingerprint density at radius 2 is 1.92 bits per heavy atom. The number of hydrogen-bond donors (Lipinski definition) is 1. The van der Waals surface area contributed by atoms with E-state index >= 15 is 0 Å². The Hall–Kier alpha value is -2.12. The predicted molar refractivity (Wildman–Crippen MR) is 91.6 cm³/mol. The summed E-state index contributed by atoms with van der Waals surface area (Å²) in [5, 5.41) is 2.72. The van der Waals surface area contributed by atoms with Crippen molar-refractivity contribution in [3.63, 3.8) is 0 Å². The second-order valence-electron chi connectivity index (χ2n) is 5.57. The second-order valence-corrected chi connectivity index (χ2v) is 7.50. The molecule has 0 spiro atoms. The van der Waals surface area contributed by atoms with Gasteiger partial charge < -0.3 is 9.73 Å². The number of benzene rings is 1. The zero-order valence-corrected chi connectivity index (χ0v) is 14.6. The minimum Gasteiger partial charge on any atom is -0.467 e. The van der Waals surface area contributed by atoms with Crippen molar-refractivity contribution in [1.29, 1.82) is 0 Å². The highest BCUT2D eigenvalue weighted by Gasteiger charge is 2.24. The predicted octanol–water partition coefficient (Wildman–Crippen LogP) is 2.31. The Labute approximate surface area is 142 Å². The molecule has 130 valence electrons. The van der Waals surface area contributed by atoms with Crippen LogP contribution in [0.3, 0.4) is 0 Å². The molecule has 1 amide bonds. The molecule has 0 bridgehead atoms. The van der Waals surface area contributed by atoms with Crippen molar-refractivity contribution >= 4 is 15.9 Å². The molecule has 2 aromatic rings. The van der Waals surface area contributed by atoms with Crippen molar-refractivity contribution in [2.75, 3.05) is 12.8 Å². The number of furan rings is 1. The van der Waals surface area contributed by atoms with Gasteiger partial charge in [-0.05, 0) is 24.6 Å². The zero-order chi connectivity index (χ0) is 17.6. The molecule has 1 aromatic carbocycles. The number of rotatable bonds is 8. The molecule has 0 aliphatic heterocycles. The van der Waals surface area contributed by atoms with Gasteiger partial charge in [-0.1, -0.05) is 30.3 Å². The number of nitrogens with zero attached hydrogens (tertiary/aromatic N) is 1. The molecule has 1 heterocycles. The molecule has 1 aromatic heterocycles. The summed E-state index contributed by atoms with van der Waals surface area (Å²) in [5.41, 5.74) is 0.888. The fourth-order valence-electron chi connectivity index (χ4n) is 2.44. The van der Waals surface area contributed by atoms with Crippen molar-refractivity contribution in [3.05, 3.63) is 60.1 Å². The first-order chi connectivity index (χ1) is 11.4. The van der Waals surface area contributed by atoms with E-state index in [1.165, 1.54) is 10.6 Å². The van der Waals surface area contributed by atoms with Crippen molar-refractivity contribution in [3.8, 4) is 0 Å². The lowest BCUT2D eigenvalue weighted by molar-refractivity contribution is -0.121. The van der Waals surface area contributed by atoms with Crippen molar-refractivity contribution in [2.24, 2.45) is 0 Å². The molecular formula is C17H22N2O4S. The minimum atomic E-state index is -3.43. The lowest BCUT2D eigenvalue weighted by Crippen LogP contribution is -2.36. The molecule has 24 heavy (non-hydrogen) atoms. The van der Waals surface area contributed by atoms with Crippen LogP contribution in [0.4, 0.5) is 0 Å². The normalized spacial score (nSPS) is 13.0. The number of amides is 1. The van der Waals surface area contributed by atoms with Gasteiger partial charge in [0, 0.05) is 19.0 Å². The fourth-order valence-corrected chi connectivity index (χ4v) is 3.56. The van der Waals surface area contributed by atoms with Crippen molar-refractivity contribution in [1.82, 2.24) is 9.62 Å². The maximum atomic E-state index is 12.1. The van der Waals surface area contributed by atoms with Gasteiger partial charge in [0.05, 0.1) is 19.1 Å². The summed E-state index contributed by atoms with van der Waals surface area (Å²) in [5.74, 6) is 0.432. The Morgan fingerprint density at radius 3 is 2.50 bits per heavy atom. The Bertz CT molecular complexity index is 742. The van der Waals surface area contributed by atoms with E-state index in [1.807, 2.05) is 37.3 Å². The highest BCUT2D eigenvalue weighted by Crippen LogP contribution is 2.22. The van der Waals surface area contributed by atoms with Gasteiger partial charge in [0.15, 0.2) is 0 Å². The van der Waals surface area contributed by atoms with Crippen LogP contribution in [0.5, 0.6) is 0 Å². The summed E-state index contributed by atoms with van der Waals surface area (Å²) in [6.07, 6.45) is 2.78. The van der Waals surface area contributed by atoms with Gasteiger partial charge in [-0.15, -0.1) is 0 Å². The van der Waals surface area contributed by atoms with Crippen LogP contribution >= 0.6 is 0 Å². The molecule has 0 fully saturated rings. The number of hydrogen-bond acceptors (Lipinski definition) is 4. The van der Waals surface area contributed by atoms with Gasteiger partial charge in [-0.3, -0.25) is 4.79 Å². The fraction of sp³-hybridized carbons (Fsp3) is 0.353. The quantitative estimate of drug-likeness (QED) is 0.792. The first-order valence-electron chi connectivity index (χ1n) is 7.69. The van der Waals surface area contributed by atoms with Gasteiger partial charge in [0.25, 0.3) is 0 Å². The van der Waals surface area contributed by atoms with Crippen molar-refractivity contribution in [2.45, 2.75) is 25.9 Å². The molecule has 0 aliphatic rings. The van der Waals surface area contributed by atoms with E-state index in [1.54, 1.807) is 12.1 Å². The molecule has 0 saturated carbocycles. The summed E-state index contributed by atoms with van der Waals surface area (Å²) in [4.78, 5) is 12.0. The smallest absolute Gasteiger partial charge is 0.221 e. The highest BCUT2D eigenvalue weighted by molar-refractivity contribution is 7.88. The number of sulfonamides is 1. The maximum Gasteiger partial charge on any atom is 0.221 e. The van der Waals surface area contributed by atoms with Crippen LogP contribution in [-0.4, -0.2) is 31.4 Å². The average Bonchev–Trinajstić information content (AvgIpc) is 3.06. The van der Waals surface area contributed by atoms with Crippen molar-refractivity contribution < 1.29 is 17.6 Å². The Kier molecular flexibility index (Phi) is 6.16. The SMILES string of the molecule is CC(c1ccccc1)N(CCC(=O)NCc1ccco1)S(C)(=O)=O. The molecule has 0 aliphatic carbocycles. The van der Waals surface area contributed by atoms with Gasteiger partial charge in [-0.25, -0.2) is 8.42 Å². The molecule has 7 heteroatoms. The van der Waals surface area contributed by atoms with Crippen LogP contribution in [0.15, 0.2) is 53.1 Å². The van der Waals surface area contributed by atoms with E-state index in [0.29, 0.717) is 12.3 Å². The summed E-state index contributed by atoms with van der Waals surface area (Å²) < 4.78 is 30.6. The summed E-state index contributed by atoms with van der Waals surface area (Å²) in [6, 6.07) is 12.5. The van der Waals surface area contributed by atoms with Gasteiger partial charge in [0.1, 0.15) is 5.76 Å². The van der Waals surface area contributed by atoms with E-state index in [0.717, 1.165) is 11.8 Å². The Balaban J connectivity index is 1.95. The van der Waals surface area contributed by atoms with Gasteiger partial charge in [0.2, 0.25) is 15.9 Å². The van der Waals surface area contributed by atoms with E-state index in [-0.39, 0.29) is 24.9 Å². The van der Waals surface area contributed by atoms with Crippen LogP contribution in [-0.2, 0) is 21.4 Å². The average molecular weight is 350 g/mol. The molecule has 1 N–H and O–H groups in total. The van der Waals surface area contributed by atoms with E-state index in [9.17, 15) is 13.2 Å². The van der Waals surface area contributed by atoms with Gasteiger partial charge >= 0.3 is 0 Å². The first kappa shape index (κ1) is 18.2. The summed E-state index contributed by atoms with van der Waals surface area (Å²) >= 11 is 0. The molecule has 2 rings (SSSR count). The number of carbonyl (C=O) groups is 1. The number of nitrogens with one attached hydrogen (secondary N) is 1. The summed E-state index contributed by atoms with van der Waals surface area (Å²) in [6.45, 7) is 2.23. The van der Waals surface area contributed by atoms with Crippen LogP contribution in [0.1, 0.15) is 30.7 Å².